The van der Waals surface area contributed by atoms with Crippen molar-refractivity contribution < 1.29 is 19.4 Å². The molecule has 0 radical (unpaired) electrons. The van der Waals surface area contributed by atoms with Gasteiger partial charge in [0.2, 0.25) is 0 Å². The number of benzene rings is 1. The van der Waals surface area contributed by atoms with E-state index in [4.69, 9.17) is 9.84 Å². The lowest BCUT2D eigenvalue weighted by Crippen LogP contribution is -2.31. The summed E-state index contributed by atoms with van der Waals surface area (Å²) in [6.45, 7) is 1.68. The Bertz CT molecular complexity index is 486. The van der Waals surface area contributed by atoms with Crippen molar-refractivity contribution in [2.75, 3.05) is 25.1 Å². The predicted octanol–water partition coefficient (Wildman–Crippen LogP) is 1.93. The minimum absolute atomic E-state index is 0.135. The van der Waals surface area contributed by atoms with Crippen LogP contribution in [-0.4, -0.2) is 36.9 Å². The van der Waals surface area contributed by atoms with Crippen molar-refractivity contribution in [3.63, 3.8) is 0 Å². The lowest BCUT2D eigenvalue weighted by Gasteiger charge is -2.08. The summed E-state index contributed by atoms with van der Waals surface area (Å²) in [5.41, 5.74) is 0.580. The lowest BCUT2D eigenvalue weighted by molar-refractivity contribution is 0.0697. The predicted molar refractivity (Wildman–Crippen MR) is 74.0 cm³/mol. The molecule has 2 amide bonds. The Hall–Kier alpha value is -2.08. The first-order valence-electron chi connectivity index (χ1n) is 6.61. The molecule has 1 aliphatic carbocycles. The average Bonchev–Trinajstić information content (AvgIpc) is 3.22. The molecule has 6 nitrogen and oxygen atoms in total. The van der Waals surface area contributed by atoms with Crippen LogP contribution in [0.5, 0.6) is 0 Å². The van der Waals surface area contributed by atoms with Crippen molar-refractivity contribution in [1.29, 1.82) is 0 Å². The molecule has 0 aliphatic heterocycles. The minimum Gasteiger partial charge on any atom is -0.478 e. The fraction of sp³-hybridized carbons (Fsp3) is 0.429. The van der Waals surface area contributed by atoms with E-state index >= 15 is 0 Å². The van der Waals surface area contributed by atoms with Gasteiger partial charge < -0.3 is 20.5 Å². The molecule has 6 heteroatoms. The van der Waals surface area contributed by atoms with Gasteiger partial charge in [0, 0.05) is 18.8 Å². The van der Waals surface area contributed by atoms with Gasteiger partial charge in [-0.2, -0.15) is 0 Å². The Balaban J connectivity index is 1.67. The van der Waals surface area contributed by atoms with Crippen LogP contribution in [0.3, 0.4) is 0 Å². The van der Waals surface area contributed by atoms with Gasteiger partial charge in [0.25, 0.3) is 0 Å². The number of anilines is 1. The zero-order valence-electron chi connectivity index (χ0n) is 11.1. The monoisotopic (exact) mass is 278 g/mol. The number of carbonyl (C=O) groups excluding carboxylic acids is 1. The topological polar surface area (TPSA) is 87.7 Å². The van der Waals surface area contributed by atoms with Gasteiger partial charge in [-0.25, -0.2) is 9.59 Å². The Morgan fingerprint density at radius 3 is 2.85 bits per heavy atom. The summed E-state index contributed by atoms with van der Waals surface area (Å²) >= 11 is 0. The largest absolute Gasteiger partial charge is 0.478 e. The van der Waals surface area contributed by atoms with E-state index < -0.39 is 5.97 Å². The van der Waals surface area contributed by atoms with E-state index in [0.717, 1.165) is 6.61 Å². The van der Waals surface area contributed by atoms with E-state index in [1.807, 2.05) is 0 Å². The molecule has 0 atom stereocenters. The molecule has 0 saturated heterocycles. The van der Waals surface area contributed by atoms with Crippen LogP contribution in [0.4, 0.5) is 10.5 Å². The van der Waals surface area contributed by atoms with Gasteiger partial charge in [0.15, 0.2) is 0 Å². The number of carboxylic acid groups (broad SMARTS) is 1. The van der Waals surface area contributed by atoms with Gasteiger partial charge in [0.05, 0.1) is 12.2 Å². The molecule has 0 aromatic heterocycles. The Morgan fingerprint density at radius 2 is 2.15 bits per heavy atom. The first-order chi connectivity index (χ1) is 9.65. The Labute approximate surface area is 117 Å². The second-order valence-corrected chi connectivity index (χ2v) is 4.79. The van der Waals surface area contributed by atoms with E-state index in [0.29, 0.717) is 24.8 Å². The molecule has 0 unspecified atom stereocenters. The first kappa shape index (κ1) is 14.3. The number of carboxylic acids is 1. The van der Waals surface area contributed by atoms with Crippen molar-refractivity contribution in [1.82, 2.24) is 5.32 Å². The summed E-state index contributed by atoms with van der Waals surface area (Å²) < 4.78 is 5.39. The smallest absolute Gasteiger partial charge is 0.335 e. The lowest BCUT2D eigenvalue weighted by atomic mass is 10.2. The van der Waals surface area contributed by atoms with Gasteiger partial charge in [0.1, 0.15) is 0 Å². The number of aromatic carboxylic acids is 1. The maximum absolute atomic E-state index is 11.6. The van der Waals surface area contributed by atoms with Crippen LogP contribution in [0.25, 0.3) is 0 Å². The van der Waals surface area contributed by atoms with E-state index in [1.165, 1.54) is 25.0 Å². The standard InChI is InChI=1S/C14H18N2O4/c17-13(18)11-2-1-3-12(8-11)16-14(19)15-6-7-20-9-10-4-5-10/h1-3,8,10H,4-7,9H2,(H,17,18)(H2,15,16,19). The van der Waals surface area contributed by atoms with Crippen LogP contribution < -0.4 is 10.6 Å². The van der Waals surface area contributed by atoms with Crippen molar-refractivity contribution in [3.05, 3.63) is 29.8 Å². The molecule has 1 saturated carbocycles. The third kappa shape index (κ3) is 4.89. The van der Waals surface area contributed by atoms with Crippen LogP contribution in [0.2, 0.25) is 0 Å². The molecule has 0 heterocycles. The molecule has 0 spiro atoms. The van der Waals surface area contributed by atoms with Crippen LogP contribution in [0.15, 0.2) is 24.3 Å². The van der Waals surface area contributed by atoms with Crippen molar-refractivity contribution in [2.24, 2.45) is 5.92 Å². The van der Waals surface area contributed by atoms with Gasteiger partial charge in [-0.1, -0.05) is 6.07 Å². The number of ether oxygens (including phenoxy) is 1. The van der Waals surface area contributed by atoms with Crippen LogP contribution in [-0.2, 0) is 4.74 Å². The summed E-state index contributed by atoms with van der Waals surface area (Å²) in [6, 6.07) is 5.72. The van der Waals surface area contributed by atoms with E-state index in [2.05, 4.69) is 10.6 Å². The van der Waals surface area contributed by atoms with Crippen molar-refractivity contribution >= 4 is 17.7 Å². The number of nitrogens with one attached hydrogen (secondary N) is 2. The maximum atomic E-state index is 11.6. The quantitative estimate of drug-likeness (QED) is 0.665. The molecule has 1 fully saturated rings. The molecule has 3 N–H and O–H groups in total. The molecule has 1 aliphatic rings. The summed E-state index contributed by atoms with van der Waals surface area (Å²) in [4.78, 5) is 22.4. The average molecular weight is 278 g/mol. The van der Waals surface area contributed by atoms with Crippen LogP contribution >= 0.6 is 0 Å². The molecule has 20 heavy (non-hydrogen) atoms. The molecular weight excluding hydrogens is 260 g/mol. The van der Waals surface area contributed by atoms with E-state index in [-0.39, 0.29) is 11.6 Å². The minimum atomic E-state index is -1.03. The number of hydrogen-bond acceptors (Lipinski definition) is 3. The second-order valence-electron chi connectivity index (χ2n) is 4.79. The van der Waals surface area contributed by atoms with Crippen molar-refractivity contribution in [3.8, 4) is 0 Å². The molecule has 1 aromatic rings. The van der Waals surface area contributed by atoms with E-state index in [1.54, 1.807) is 12.1 Å². The third-order valence-electron chi connectivity index (χ3n) is 2.95. The van der Waals surface area contributed by atoms with Crippen LogP contribution in [0.1, 0.15) is 23.2 Å². The fourth-order valence-electron chi connectivity index (χ4n) is 1.68. The molecule has 1 aromatic carbocycles. The van der Waals surface area contributed by atoms with Gasteiger partial charge in [-0.15, -0.1) is 0 Å². The Morgan fingerprint density at radius 1 is 1.35 bits per heavy atom. The van der Waals surface area contributed by atoms with Crippen LogP contribution in [0, 0.1) is 5.92 Å². The molecule has 0 bridgehead atoms. The highest BCUT2D eigenvalue weighted by atomic mass is 16.5. The fourth-order valence-corrected chi connectivity index (χ4v) is 1.68. The molecule has 108 valence electrons. The number of hydrogen-bond donors (Lipinski definition) is 3. The zero-order valence-corrected chi connectivity index (χ0v) is 11.1. The highest BCUT2D eigenvalue weighted by Crippen LogP contribution is 2.28. The zero-order chi connectivity index (χ0) is 14.4. The summed E-state index contributed by atoms with van der Waals surface area (Å²) in [6.07, 6.45) is 2.49. The second kappa shape index (κ2) is 6.91. The summed E-state index contributed by atoms with van der Waals surface area (Å²) in [7, 11) is 0. The number of rotatable bonds is 7. The first-order valence-corrected chi connectivity index (χ1v) is 6.61. The van der Waals surface area contributed by atoms with Gasteiger partial charge in [-0.3, -0.25) is 0 Å². The Kier molecular flexibility index (Phi) is 4.95. The highest BCUT2D eigenvalue weighted by Gasteiger charge is 2.20. The summed E-state index contributed by atoms with van der Waals surface area (Å²) in [5, 5.41) is 14.1. The third-order valence-corrected chi connectivity index (χ3v) is 2.95. The number of urea groups is 1. The highest BCUT2D eigenvalue weighted by molar-refractivity contribution is 5.93. The SMILES string of the molecule is O=C(NCCOCC1CC1)Nc1cccc(C(=O)O)c1. The summed E-state index contributed by atoms with van der Waals surface area (Å²) in [5.74, 6) is -0.315. The molecule has 2 rings (SSSR count). The number of carbonyl (C=O) groups is 2. The van der Waals surface area contributed by atoms with Gasteiger partial charge >= 0.3 is 12.0 Å². The van der Waals surface area contributed by atoms with Gasteiger partial charge in [-0.05, 0) is 37.0 Å². The normalized spacial score (nSPS) is 13.8. The van der Waals surface area contributed by atoms with Crippen molar-refractivity contribution in [2.45, 2.75) is 12.8 Å². The maximum Gasteiger partial charge on any atom is 0.335 e. The molecular formula is C14H18N2O4. The van der Waals surface area contributed by atoms with E-state index in [9.17, 15) is 9.59 Å². The number of amides is 2.